The van der Waals surface area contributed by atoms with E-state index < -0.39 is 5.82 Å². The molecule has 2 atom stereocenters. The quantitative estimate of drug-likeness (QED) is 0.251. The lowest BCUT2D eigenvalue weighted by molar-refractivity contribution is 0.214. The Hall–Kier alpha value is -3.78. The predicted molar refractivity (Wildman–Crippen MR) is 169 cm³/mol. The van der Waals surface area contributed by atoms with E-state index >= 15 is 4.39 Å². The highest BCUT2D eigenvalue weighted by Gasteiger charge is 2.34. The Morgan fingerprint density at radius 2 is 1.98 bits per heavy atom. The van der Waals surface area contributed by atoms with Crippen molar-refractivity contribution in [2.24, 2.45) is 0 Å². The third-order valence-corrected chi connectivity index (χ3v) is 9.95. The van der Waals surface area contributed by atoms with Gasteiger partial charge in [-0.2, -0.15) is 15.5 Å². The number of pyridine rings is 1. The first-order valence-electron chi connectivity index (χ1n) is 15.0. The molecule has 2 aliphatic heterocycles. The summed E-state index contributed by atoms with van der Waals surface area (Å²) in [6.45, 7) is 9.54. The van der Waals surface area contributed by atoms with Crippen LogP contribution in [0.15, 0.2) is 24.5 Å². The first-order valence-corrected chi connectivity index (χ1v) is 15.4. The molecule has 2 aliphatic rings. The van der Waals surface area contributed by atoms with E-state index in [1.807, 2.05) is 36.9 Å². The van der Waals surface area contributed by atoms with Crippen molar-refractivity contribution in [1.29, 1.82) is 5.26 Å². The zero-order valence-corrected chi connectivity index (χ0v) is 25.6. The Kier molecular flexibility index (Phi) is 7.00. The summed E-state index contributed by atoms with van der Waals surface area (Å²) in [6.07, 6.45) is 5.67. The van der Waals surface area contributed by atoms with Gasteiger partial charge in [0.25, 0.3) is 0 Å². The number of fused-ring (bicyclic) bond motifs is 4. The number of anilines is 1. The maximum absolute atomic E-state index is 17.1. The van der Waals surface area contributed by atoms with Gasteiger partial charge in [0.1, 0.15) is 11.3 Å². The van der Waals surface area contributed by atoms with Crippen molar-refractivity contribution in [1.82, 2.24) is 35.2 Å². The van der Waals surface area contributed by atoms with Crippen molar-refractivity contribution >= 4 is 50.1 Å². The number of likely N-dealkylation sites (N-methyl/N-ethyl adjacent to an activating group) is 1. The van der Waals surface area contributed by atoms with Gasteiger partial charge < -0.3 is 15.1 Å². The maximum Gasteiger partial charge on any atom is 0.158 e. The van der Waals surface area contributed by atoms with E-state index in [1.54, 1.807) is 6.20 Å². The Balaban J connectivity index is 1.47. The SMILES string of the molecule is CCN(C)C1CN(c2nc3c(F)c(-c4c(C)c(C)cc5[nH]ncc45)c(Cl)cc3c3c2cnn3[C@H]2CCN[C@H](CC#N)C2)C1. The summed E-state index contributed by atoms with van der Waals surface area (Å²) in [5, 5.41) is 27.6. The highest BCUT2D eigenvalue weighted by molar-refractivity contribution is 6.35. The van der Waals surface area contributed by atoms with Gasteiger partial charge >= 0.3 is 0 Å². The van der Waals surface area contributed by atoms with Crippen LogP contribution < -0.4 is 10.2 Å². The molecule has 0 amide bonds. The summed E-state index contributed by atoms with van der Waals surface area (Å²) < 4.78 is 19.1. The predicted octanol–water partition coefficient (Wildman–Crippen LogP) is 5.88. The number of aryl methyl sites for hydroxylation is 1. The van der Waals surface area contributed by atoms with Gasteiger partial charge in [0, 0.05) is 47.1 Å². The first-order chi connectivity index (χ1) is 20.8. The van der Waals surface area contributed by atoms with E-state index in [0.717, 1.165) is 83.3 Å². The molecule has 0 unspecified atom stereocenters. The van der Waals surface area contributed by atoms with Crippen LogP contribution in [0.2, 0.25) is 5.02 Å². The van der Waals surface area contributed by atoms with Crippen molar-refractivity contribution in [2.75, 3.05) is 38.1 Å². The van der Waals surface area contributed by atoms with Crippen LogP contribution in [0.4, 0.5) is 10.2 Å². The molecule has 0 bridgehead atoms. The number of piperidine rings is 1. The molecule has 2 saturated heterocycles. The molecular formula is C32H35ClFN9. The number of rotatable bonds is 6. The van der Waals surface area contributed by atoms with E-state index in [0.29, 0.717) is 28.4 Å². The molecular weight excluding hydrogens is 565 g/mol. The number of H-pyrrole nitrogens is 1. The van der Waals surface area contributed by atoms with Crippen LogP contribution in [-0.2, 0) is 0 Å². The highest BCUT2D eigenvalue weighted by atomic mass is 35.5. The normalized spacial score (nSPS) is 19.5. The average molecular weight is 600 g/mol. The van der Waals surface area contributed by atoms with E-state index in [4.69, 9.17) is 21.7 Å². The fraction of sp³-hybridized carbons (Fsp3) is 0.438. The van der Waals surface area contributed by atoms with Crippen molar-refractivity contribution in [2.45, 2.75) is 58.2 Å². The summed E-state index contributed by atoms with van der Waals surface area (Å²) in [7, 11) is 2.13. The standard InChI is InChI=1S/C32H35ClFN9/c1-5-41(4)21-15-42(16-21)32-24-14-38-43(20-7-9-36-19(11-20)6-8-35)31(24)22-12-25(33)28(29(34)30(22)39-32)27-18(3)17(2)10-26-23(27)13-37-40-26/h10,12-14,19-21,36H,5-7,9,11,15-16H2,1-4H3,(H,37,40)/t19-,20+/m1/s1. The minimum atomic E-state index is -0.440. The van der Waals surface area contributed by atoms with Gasteiger partial charge in [-0.15, -0.1) is 0 Å². The summed E-state index contributed by atoms with van der Waals surface area (Å²) in [5.41, 5.74) is 5.01. The molecule has 9 nitrogen and oxygen atoms in total. The fourth-order valence-corrected chi connectivity index (χ4v) is 7.18. The summed E-state index contributed by atoms with van der Waals surface area (Å²) in [6, 6.07) is 6.75. The molecule has 3 aromatic heterocycles. The Labute approximate surface area is 254 Å². The minimum Gasteiger partial charge on any atom is -0.353 e. The Morgan fingerprint density at radius 3 is 2.74 bits per heavy atom. The smallest absolute Gasteiger partial charge is 0.158 e. The molecule has 43 heavy (non-hydrogen) atoms. The van der Waals surface area contributed by atoms with Crippen LogP contribution in [0.3, 0.4) is 0 Å². The number of aromatic nitrogens is 5. The zero-order valence-electron chi connectivity index (χ0n) is 24.9. The molecule has 7 rings (SSSR count). The number of nitriles is 1. The van der Waals surface area contributed by atoms with Gasteiger partial charge in [0.15, 0.2) is 5.82 Å². The fourth-order valence-electron chi connectivity index (χ4n) is 6.89. The molecule has 2 aromatic carbocycles. The molecule has 0 saturated carbocycles. The second kappa shape index (κ2) is 10.7. The van der Waals surface area contributed by atoms with Gasteiger partial charge in [0.05, 0.1) is 52.4 Å². The zero-order chi connectivity index (χ0) is 30.0. The lowest BCUT2D eigenvalue weighted by atomic mass is 9.92. The largest absolute Gasteiger partial charge is 0.353 e. The van der Waals surface area contributed by atoms with Crippen LogP contribution in [-0.4, -0.2) is 75.2 Å². The Bertz CT molecular complexity index is 1920. The maximum atomic E-state index is 17.1. The van der Waals surface area contributed by atoms with Crippen molar-refractivity contribution < 1.29 is 4.39 Å². The minimum absolute atomic E-state index is 0.0667. The highest BCUT2D eigenvalue weighted by Crippen LogP contribution is 2.44. The van der Waals surface area contributed by atoms with E-state index in [9.17, 15) is 5.26 Å². The molecule has 11 heteroatoms. The molecule has 222 valence electrons. The van der Waals surface area contributed by atoms with Gasteiger partial charge in [-0.3, -0.25) is 9.78 Å². The lowest BCUT2D eigenvalue weighted by Gasteiger charge is -2.44. The average Bonchev–Trinajstić information content (AvgIpc) is 3.62. The van der Waals surface area contributed by atoms with E-state index in [-0.39, 0.29) is 17.6 Å². The van der Waals surface area contributed by atoms with Crippen molar-refractivity contribution in [3.63, 3.8) is 0 Å². The van der Waals surface area contributed by atoms with Crippen LogP contribution in [0.25, 0.3) is 43.8 Å². The summed E-state index contributed by atoms with van der Waals surface area (Å²) >= 11 is 7.03. The third-order valence-electron chi connectivity index (χ3n) is 9.65. The Morgan fingerprint density at radius 1 is 1.16 bits per heavy atom. The second-order valence-electron chi connectivity index (χ2n) is 12.1. The van der Waals surface area contributed by atoms with E-state index in [1.165, 1.54) is 0 Å². The third kappa shape index (κ3) is 4.44. The van der Waals surface area contributed by atoms with Gasteiger partial charge in [0.2, 0.25) is 0 Å². The van der Waals surface area contributed by atoms with Gasteiger partial charge in [-0.1, -0.05) is 18.5 Å². The number of nitrogens with one attached hydrogen (secondary N) is 2. The summed E-state index contributed by atoms with van der Waals surface area (Å²) in [5.74, 6) is 0.309. The lowest BCUT2D eigenvalue weighted by Crippen LogP contribution is -2.58. The van der Waals surface area contributed by atoms with Crippen LogP contribution in [0, 0.1) is 31.0 Å². The van der Waals surface area contributed by atoms with Gasteiger partial charge in [-0.05, 0) is 70.1 Å². The number of halogens is 2. The molecule has 2 fully saturated rings. The molecule has 5 aromatic rings. The molecule has 0 aliphatic carbocycles. The summed E-state index contributed by atoms with van der Waals surface area (Å²) in [4.78, 5) is 9.59. The molecule has 2 N–H and O–H groups in total. The topological polar surface area (TPSA) is 102 Å². The number of hydrogen-bond acceptors (Lipinski definition) is 7. The number of nitrogens with zero attached hydrogens (tertiary/aromatic N) is 7. The number of hydrogen-bond donors (Lipinski definition) is 2. The molecule has 0 radical (unpaired) electrons. The van der Waals surface area contributed by atoms with E-state index in [2.05, 4.69) is 45.4 Å². The monoisotopic (exact) mass is 599 g/mol. The van der Waals surface area contributed by atoms with Crippen LogP contribution >= 0.6 is 11.6 Å². The van der Waals surface area contributed by atoms with Crippen molar-refractivity contribution in [3.8, 4) is 17.2 Å². The van der Waals surface area contributed by atoms with Crippen molar-refractivity contribution in [3.05, 3.63) is 46.5 Å². The second-order valence-corrected chi connectivity index (χ2v) is 12.5. The van der Waals surface area contributed by atoms with Crippen LogP contribution in [0.1, 0.15) is 43.4 Å². The number of aromatic amines is 1. The molecule has 5 heterocycles. The molecule has 0 spiro atoms. The van der Waals surface area contributed by atoms with Crippen LogP contribution in [0.5, 0.6) is 0 Å². The number of benzene rings is 2. The van der Waals surface area contributed by atoms with Gasteiger partial charge in [-0.25, -0.2) is 9.37 Å². The first kappa shape index (κ1) is 28.0.